The van der Waals surface area contributed by atoms with E-state index < -0.39 is 5.82 Å². The van der Waals surface area contributed by atoms with Crippen molar-refractivity contribution in [1.29, 1.82) is 0 Å². The molecule has 0 bridgehead atoms. The summed E-state index contributed by atoms with van der Waals surface area (Å²) in [4.78, 5) is 13.1. The van der Waals surface area contributed by atoms with Gasteiger partial charge in [-0.15, -0.1) is 0 Å². The van der Waals surface area contributed by atoms with E-state index in [0.717, 1.165) is 12.8 Å². The van der Waals surface area contributed by atoms with Gasteiger partial charge in [0.15, 0.2) is 0 Å². The maximum Gasteiger partial charge on any atom is 0.240 e. The standard InChI is InChI=1S/C11H10BrClFNO/c12-8-2-1-5-15(11(8)16)10-4-3-7(13)6-9(10)14/h3-4,6,8H,1-2,5H2. The van der Waals surface area contributed by atoms with Crippen molar-refractivity contribution >= 4 is 39.1 Å². The van der Waals surface area contributed by atoms with E-state index in [1.807, 2.05) is 0 Å². The largest absolute Gasteiger partial charge is 0.309 e. The van der Waals surface area contributed by atoms with Crippen molar-refractivity contribution < 1.29 is 9.18 Å². The monoisotopic (exact) mass is 305 g/mol. The summed E-state index contributed by atoms with van der Waals surface area (Å²) in [5.41, 5.74) is 0.304. The quantitative estimate of drug-likeness (QED) is 0.729. The van der Waals surface area contributed by atoms with E-state index in [0.29, 0.717) is 17.3 Å². The number of halogens is 3. The number of nitrogens with zero attached hydrogens (tertiary/aromatic N) is 1. The van der Waals surface area contributed by atoms with Crippen molar-refractivity contribution in [3.8, 4) is 0 Å². The smallest absolute Gasteiger partial charge is 0.240 e. The number of anilines is 1. The molecule has 0 aliphatic carbocycles. The summed E-state index contributed by atoms with van der Waals surface area (Å²) in [5, 5.41) is 0.334. The average Bonchev–Trinajstić information content (AvgIpc) is 2.23. The van der Waals surface area contributed by atoms with Crippen molar-refractivity contribution in [3.63, 3.8) is 0 Å². The molecule has 1 fully saturated rings. The maximum atomic E-state index is 13.6. The van der Waals surface area contributed by atoms with Gasteiger partial charge in [0.05, 0.1) is 10.5 Å². The second-order valence-electron chi connectivity index (χ2n) is 3.70. The third-order valence-electron chi connectivity index (χ3n) is 2.57. The molecule has 2 nitrogen and oxygen atoms in total. The molecule has 86 valence electrons. The molecule has 0 aromatic heterocycles. The molecule has 1 aliphatic rings. The van der Waals surface area contributed by atoms with Crippen LogP contribution < -0.4 is 4.90 Å². The number of hydrogen-bond acceptors (Lipinski definition) is 1. The van der Waals surface area contributed by atoms with Crippen LogP contribution in [0.15, 0.2) is 18.2 Å². The summed E-state index contributed by atoms with van der Waals surface area (Å²) >= 11 is 8.96. The second-order valence-corrected chi connectivity index (χ2v) is 5.24. The summed E-state index contributed by atoms with van der Waals surface area (Å²) in [6.07, 6.45) is 1.66. The second kappa shape index (κ2) is 4.72. The Labute approximate surface area is 107 Å². The summed E-state index contributed by atoms with van der Waals surface area (Å²) in [5.74, 6) is -0.546. The van der Waals surface area contributed by atoms with Crippen LogP contribution in [0.1, 0.15) is 12.8 Å². The van der Waals surface area contributed by atoms with Gasteiger partial charge >= 0.3 is 0 Å². The molecule has 1 amide bonds. The Kier molecular flexibility index (Phi) is 3.50. The van der Waals surface area contributed by atoms with E-state index in [9.17, 15) is 9.18 Å². The predicted molar refractivity (Wildman–Crippen MR) is 65.7 cm³/mol. The molecule has 16 heavy (non-hydrogen) atoms. The number of benzene rings is 1. The van der Waals surface area contributed by atoms with Crippen LogP contribution in [-0.4, -0.2) is 17.3 Å². The number of carbonyl (C=O) groups excluding carboxylic acids is 1. The molecule has 2 rings (SSSR count). The molecule has 0 spiro atoms. The zero-order chi connectivity index (χ0) is 11.7. The Hall–Kier alpha value is -0.610. The van der Waals surface area contributed by atoms with E-state index in [-0.39, 0.29) is 10.7 Å². The summed E-state index contributed by atoms with van der Waals surface area (Å²) in [6.45, 7) is 0.555. The van der Waals surface area contributed by atoms with Crippen molar-refractivity contribution in [2.24, 2.45) is 0 Å². The van der Waals surface area contributed by atoms with Gasteiger partial charge in [-0.05, 0) is 31.0 Å². The SMILES string of the molecule is O=C1C(Br)CCCN1c1ccc(Cl)cc1F. The third-order valence-corrected chi connectivity index (χ3v) is 3.66. The normalized spacial score (nSPS) is 21.3. The Morgan fingerprint density at radius 1 is 1.50 bits per heavy atom. The van der Waals surface area contributed by atoms with E-state index in [1.54, 1.807) is 12.1 Å². The zero-order valence-electron chi connectivity index (χ0n) is 8.42. The first kappa shape index (κ1) is 11.9. The number of alkyl halides is 1. The molecule has 0 radical (unpaired) electrons. The number of carbonyl (C=O) groups is 1. The predicted octanol–water partition coefficient (Wildman–Crippen LogP) is 3.37. The summed E-state index contributed by atoms with van der Waals surface area (Å²) < 4.78 is 13.6. The van der Waals surface area contributed by atoms with Crippen LogP contribution in [0.2, 0.25) is 5.02 Å². The minimum atomic E-state index is -0.456. The highest BCUT2D eigenvalue weighted by Gasteiger charge is 2.28. The third kappa shape index (κ3) is 2.23. The first-order valence-electron chi connectivity index (χ1n) is 5.00. The van der Waals surface area contributed by atoms with Gasteiger partial charge in [-0.1, -0.05) is 27.5 Å². The lowest BCUT2D eigenvalue weighted by molar-refractivity contribution is -0.118. The van der Waals surface area contributed by atoms with Crippen molar-refractivity contribution in [2.75, 3.05) is 11.4 Å². The first-order chi connectivity index (χ1) is 7.59. The van der Waals surface area contributed by atoms with Crippen molar-refractivity contribution in [2.45, 2.75) is 17.7 Å². The van der Waals surface area contributed by atoms with Crippen molar-refractivity contribution in [1.82, 2.24) is 0 Å². The molecule has 1 atom stereocenters. The van der Waals surface area contributed by atoms with Gasteiger partial charge in [-0.25, -0.2) is 4.39 Å². The number of hydrogen-bond donors (Lipinski definition) is 0. The van der Waals surface area contributed by atoms with Crippen LogP contribution in [0, 0.1) is 5.82 Å². The van der Waals surface area contributed by atoms with E-state index >= 15 is 0 Å². The molecule has 1 unspecified atom stereocenters. The van der Waals surface area contributed by atoms with Crippen LogP contribution in [0.5, 0.6) is 0 Å². The molecule has 1 aliphatic heterocycles. The van der Waals surface area contributed by atoms with E-state index in [4.69, 9.17) is 11.6 Å². The van der Waals surface area contributed by atoms with E-state index in [2.05, 4.69) is 15.9 Å². The fourth-order valence-corrected chi connectivity index (χ4v) is 2.50. The van der Waals surface area contributed by atoms with Gasteiger partial charge in [0, 0.05) is 11.6 Å². The Morgan fingerprint density at radius 3 is 2.94 bits per heavy atom. The van der Waals surface area contributed by atoms with Gasteiger partial charge in [0.1, 0.15) is 5.82 Å². The van der Waals surface area contributed by atoms with Gasteiger partial charge in [-0.3, -0.25) is 4.79 Å². The number of piperidine rings is 1. The molecule has 1 aromatic carbocycles. The Bertz CT molecular complexity index is 426. The highest BCUT2D eigenvalue weighted by Crippen LogP contribution is 2.28. The lowest BCUT2D eigenvalue weighted by Gasteiger charge is -2.30. The van der Waals surface area contributed by atoms with Crippen LogP contribution in [0.3, 0.4) is 0 Å². The highest BCUT2D eigenvalue weighted by molar-refractivity contribution is 9.10. The molecule has 0 saturated carbocycles. The van der Waals surface area contributed by atoms with Gasteiger partial charge < -0.3 is 4.90 Å². The first-order valence-corrected chi connectivity index (χ1v) is 6.29. The zero-order valence-corrected chi connectivity index (χ0v) is 10.8. The van der Waals surface area contributed by atoms with Crippen LogP contribution >= 0.6 is 27.5 Å². The average molecular weight is 307 g/mol. The van der Waals surface area contributed by atoms with Gasteiger partial charge in [0.2, 0.25) is 5.91 Å². The summed E-state index contributed by atoms with van der Waals surface area (Å²) in [6, 6.07) is 4.35. The fourth-order valence-electron chi connectivity index (χ4n) is 1.77. The lowest BCUT2D eigenvalue weighted by Crippen LogP contribution is -2.42. The fraction of sp³-hybridized carbons (Fsp3) is 0.364. The summed E-state index contributed by atoms with van der Waals surface area (Å²) in [7, 11) is 0. The van der Waals surface area contributed by atoms with Crippen LogP contribution in [-0.2, 0) is 4.79 Å². The topological polar surface area (TPSA) is 20.3 Å². The molecular weight excluding hydrogens is 296 g/mol. The molecule has 1 saturated heterocycles. The number of amides is 1. The molecule has 5 heteroatoms. The van der Waals surface area contributed by atoms with Crippen molar-refractivity contribution in [3.05, 3.63) is 29.0 Å². The molecule has 0 N–H and O–H groups in total. The molecule has 1 heterocycles. The maximum absolute atomic E-state index is 13.6. The Morgan fingerprint density at radius 2 is 2.25 bits per heavy atom. The molecule has 1 aromatic rings. The van der Waals surface area contributed by atoms with Gasteiger partial charge in [0.25, 0.3) is 0 Å². The minimum Gasteiger partial charge on any atom is -0.309 e. The molecular formula is C11H10BrClFNO. The highest BCUT2D eigenvalue weighted by atomic mass is 79.9. The van der Waals surface area contributed by atoms with Gasteiger partial charge in [-0.2, -0.15) is 0 Å². The Balaban J connectivity index is 2.32. The van der Waals surface area contributed by atoms with Crippen LogP contribution in [0.4, 0.5) is 10.1 Å². The minimum absolute atomic E-state index is 0.0903. The number of rotatable bonds is 1. The van der Waals surface area contributed by atoms with E-state index in [1.165, 1.54) is 11.0 Å². The lowest BCUT2D eigenvalue weighted by atomic mass is 10.1. The van der Waals surface area contributed by atoms with Crippen LogP contribution in [0.25, 0.3) is 0 Å².